The molecule has 0 spiro atoms. The van der Waals surface area contributed by atoms with E-state index in [4.69, 9.17) is 0 Å². The maximum absolute atomic E-state index is 10.4. The monoisotopic (exact) mass is 156 g/mol. The predicted octanol–water partition coefficient (Wildman–Crippen LogP) is 1.67. The third-order valence-corrected chi connectivity index (χ3v) is 1.30. The molecule has 0 aromatic rings. The van der Waals surface area contributed by atoms with Gasteiger partial charge in [0.25, 0.3) is 0 Å². The molecule has 2 nitrogen and oxygen atoms in total. The van der Waals surface area contributed by atoms with Gasteiger partial charge in [-0.25, -0.2) is 0 Å². The van der Waals surface area contributed by atoms with Crippen LogP contribution >= 0.6 is 0 Å². The molecule has 0 rings (SSSR count). The van der Waals surface area contributed by atoms with Gasteiger partial charge in [-0.3, -0.25) is 4.79 Å². The summed E-state index contributed by atoms with van der Waals surface area (Å²) in [7, 11) is 0. The van der Waals surface area contributed by atoms with Crippen LogP contribution in [-0.4, -0.2) is 24.4 Å². The number of nitrogens with zero attached hydrogens (tertiary/aromatic N) is 1. The summed E-state index contributed by atoms with van der Waals surface area (Å²) in [6.45, 7) is 10.0. The van der Waals surface area contributed by atoms with Crippen molar-refractivity contribution in [3.8, 4) is 0 Å². The molecule has 65 valence electrons. The Morgan fingerprint density at radius 3 is 1.64 bits per heavy atom. The minimum Gasteiger partial charge on any atom is -0.334 e. The Hall–Kier alpha value is -0.530. The summed E-state index contributed by atoms with van der Waals surface area (Å²) < 4.78 is 0. The van der Waals surface area contributed by atoms with Crippen molar-refractivity contribution in [1.29, 1.82) is 0 Å². The van der Waals surface area contributed by atoms with E-state index in [1.165, 1.54) is 0 Å². The molecule has 0 bridgehead atoms. The second-order valence-electron chi connectivity index (χ2n) is 3.78. The zero-order chi connectivity index (χ0) is 8.85. The van der Waals surface area contributed by atoms with Crippen molar-refractivity contribution in [2.24, 2.45) is 11.8 Å². The first kappa shape index (κ1) is 10.5. The molecular formula is C9H18NO. The zero-order valence-electron chi connectivity index (χ0n) is 7.92. The molecule has 0 heterocycles. The largest absolute Gasteiger partial charge is 0.334 e. The first-order valence-electron chi connectivity index (χ1n) is 4.19. The van der Waals surface area contributed by atoms with Crippen LogP contribution in [0.25, 0.3) is 0 Å². The summed E-state index contributed by atoms with van der Waals surface area (Å²) in [6, 6.07) is 0. The maximum atomic E-state index is 10.4. The number of amides is 1. The quantitative estimate of drug-likeness (QED) is 0.554. The van der Waals surface area contributed by atoms with Crippen molar-refractivity contribution >= 4 is 6.41 Å². The summed E-state index contributed by atoms with van der Waals surface area (Å²) >= 11 is 0. The molecule has 1 radical (unpaired) electrons. The fourth-order valence-electron chi connectivity index (χ4n) is 1.03. The standard InChI is InChI=1S/C9H18NO/c1-8(2)5-10(7-11)6-9(3)4/h8-9H,5-6H2,1-4H3. The lowest BCUT2D eigenvalue weighted by Gasteiger charge is -2.20. The Balaban J connectivity index is 3.67. The molecule has 0 saturated carbocycles. The minimum absolute atomic E-state index is 0.537. The van der Waals surface area contributed by atoms with Gasteiger partial charge in [0.2, 0.25) is 0 Å². The van der Waals surface area contributed by atoms with Crippen LogP contribution in [0.15, 0.2) is 0 Å². The van der Waals surface area contributed by atoms with Gasteiger partial charge in [-0.1, -0.05) is 27.7 Å². The number of carbonyl (C=O) groups excluding carboxylic acids is 1. The third kappa shape index (κ3) is 5.89. The highest BCUT2D eigenvalue weighted by atomic mass is 16.1. The average molecular weight is 156 g/mol. The molecular weight excluding hydrogens is 138 g/mol. The van der Waals surface area contributed by atoms with E-state index in [2.05, 4.69) is 27.7 Å². The second-order valence-corrected chi connectivity index (χ2v) is 3.78. The Morgan fingerprint density at radius 1 is 1.09 bits per heavy atom. The van der Waals surface area contributed by atoms with Crippen LogP contribution in [-0.2, 0) is 4.79 Å². The Kier molecular flexibility index (Phi) is 4.92. The lowest BCUT2D eigenvalue weighted by Crippen LogP contribution is -2.29. The van der Waals surface area contributed by atoms with Gasteiger partial charge in [-0.15, -0.1) is 0 Å². The summed E-state index contributed by atoms with van der Waals surface area (Å²) in [5.41, 5.74) is 0. The first-order chi connectivity index (χ1) is 5.06. The summed E-state index contributed by atoms with van der Waals surface area (Å²) in [5.74, 6) is 1.07. The summed E-state index contributed by atoms with van der Waals surface area (Å²) in [4.78, 5) is 12.1. The topological polar surface area (TPSA) is 20.3 Å². The van der Waals surface area contributed by atoms with E-state index in [-0.39, 0.29) is 0 Å². The fraction of sp³-hybridized carbons (Fsp3) is 0.889. The molecule has 11 heavy (non-hydrogen) atoms. The van der Waals surface area contributed by atoms with Crippen LogP contribution in [0.5, 0.6) is 0 Å². The van der Waals surface area contributed by atoms with Crippen molar-refractivity contribution in [3.05, 3.63) is 0 Å². The lowest BCUT2D eigenvalue weighted by molar-refractivity contribution is 0.309. The second kappa shape index (κ2) is 5.16. The smallest absolute Gasteiger partial charge is 0.312 e. The molecule has 0 aliphatic carbocycles. The Bertz CT molecular complexity index is 100. The number of rotatable bonds is 5. The van der Waals surface area contributed by atoms with Crippen LogP contribution in [0.1, 0.15) is 27.7 Å². The van der Waals surface area contributed by atoms with E-state index in [1.54, 1.807) is 4.90 Å². The number of hydrogen-bond donors (Lipinski definition) is 0. The predicted molar refractivity (Wildman–Crippen MR) is 46.9 cm³/mol. The van der Waals surface area contributed by atoms with Crippen molar-refractivity contribution in [2.45, 2.75) is 27.7 Å². The van der Waals surface area contributed by atoms with Gasteiger partial charge in [-0.05, 0) is 11.8 Å². The van der Waals surface area contributed by atoms with E-state index in [9.17, 15) is 4.79 Å². The van der Waals surface area contributed by atoms with Crippen molar-refractivity contribution in [2.75, 3.05) is 13.1 Å². The van der Waals surface area contributed by atoms with Crippen molar-refractivity contribution in [3.63, 3.8) is 0 Å². The normalized spacial score (nSPS) is 10.7. The van der Waals surface area contributed by atoms with Gasteiger partial charge in [0.05, 0.1) is 0 Å². The molecule has 2 heteroatoms. The first-order valence-corrected chi connectivity index (χ1v) is 4.19. The van der Waals surface area contributed by atoms with Gasteiger partial charge in [0.1, 0.15) is 0 Å². The van der Waals surface area contributed by atoms with Crippen LogP contribution in [0.4, 0.5) is 0 Å². The highest BCUT2D eigenvalue weighted by Gasteiger charge is 2.06. The molecule has 0 saturated heterocycles. The molecule has 0 aromatic carbocycles. The van der Waals surface area contributed by atoms with Gasteiger partial charge in [0.15, 0.2) is 0 Å². The van der Waals surface area contributed by atoms with Crippen LogP contribution in [0, 0.1) is 11.8 Å². The van der Waals surface area contributed by atoms with Crippen molar-refractivity contribution in [1.82, 2.24) is 4.90 Å². The van der Waals surface area contributed by atoms with Gasteiger partial charge >= 0.3 is 6.41 Å². The van der Waals surface area contributed by atoms with E-state index >= 15 is 0 Å². The van der Waals surface area contributed by atoms with Crippen molar-refractivity contribution < 1.29 is 4.79 Å². The number of hydrogen-bond acceptors (Lipinski definition) is 1. The molecule has 0 unspecified atom stereocenters. The van der Waals surface area contributed by atoms with Crippen LogP contribution < -0.4 is 0 Å². The molecule has 0 N–H and O–H groups in total. The molecule has 0 atom stereocenters. The Labute approximate surface area is 69.6 Å². The average Bonchev–Trinajstić information content (AvgIpc) is 1.84. The van der Waals surface area contributed by atoms with Gasteiger partial charge < -0.3 is 4.90 Å². The molecule has 0 fully saturated rings. The van der Waals surface area contributed by atoms with E-state index in [0.29, 0.717) is 11.8 Å². The molecule has 0 aliphatic rings. The van der Waals surface area contributed by atoms with Crippen LogP contribution in [0.3, 0.4) is 0 Å². The SMILES string of the molecule is CC(C)CN([C]=O)CC(C)C. The fourth-order valence-corrected chi connectivity index (χ4v) is 1.03. The zero-order valence-corrected chi connectivity index (χ0v) is 7.92. The van der Waals surface area contributed by atoms with Gasteiger partial charge in [0, 0.05) is 13.1 Å². The lowest BCUT2D eigenvalue weighted by atomic mass is 10.1. The van der Waals surface area contributed by atoms with E-state index in [0.717, 1.165) is 13.1 Å². The highest BCUT2D eigenvalue weighted by Crippen LogP contribution is 2.00. The maximum Gasteiger partial charge on any atom is 0.312 e. The molecule has 1 amide bonds. The summed E-state index contributed by atoms with van der Waals surface area (Å²) in [6.07, 6.45) is 1.95. The van der Waals surface area contributed by atoms with E-state index < -0.39 is 0 Å². The summed E-state index contributed by atoms with van der Waals surface area (Å²) in [5, 5.41) is 0. The molecule has 0 aromatic heterocycles. The highest BCUT2D eigenvalue weighted by molar-refractivity contribution is 5.47. The van der Waals surface area contributed by atoms with E-state index in [1.807, 2.05) is 6.41 Å². The van der Waals surface area contributed by atoms with Crippen LogP contribution in [0.2, 0.25) is 0 Å². The van der Waals surface area contributed by atoms with Gasteiger partial charge in [-0.2, -0.15) is 0 Å². The minimum atomic E-state index is 0.537. The third-order valence-electron chi connectivity index (χ3n) is 1.30. The molecule has 0 aliphatic heterocycles. The Morgan fingerprint density at radius 2 is 1.45 bits per heavy atom.